The molecular weight excluding hydrogens is 387 g/mol. The largest absolute Gasteiger partial charge is 0.462 e. The molecule has 0 bridgehead atoms. The number of fused-ring (bicyclic) bond motifs is 1. The first-order valence-electron chi connectivity index (χ1n) is 9.66. The molecule has 0 radical (unpaired) electrons. The Morgan fingerprint density at radius 3 is 2.97 bits per heavy atom. The highest BCUT2D eigenvalue weighted by Crippen LogP contribution is 2.43. The molecule has 0 saturated carbocycles. The Balaban J connectivity index is 1.65. The lowest BCUT2D eigenvalue weighted by Crippen LogP contribution is -2.52. The molecule has 0 amide bonds. The van der Waals surface area contributed by atoms with Gasteiger partial charge < -0.3 is 15.2 Å². The third-order valence-electron chi connectivity index (χ3n) is 5.73. The van der Waals surface area contributed by atoms with Gasteiger partial charge >= 0.3 is 0 Å². The minimum Gasteiger partial charge on any atom is -0.462 e. The molecule has 1 aromatic carbocycles. The molecule has 2 aromatic rings. The van der Waals surface area contributed by atoms with Crippen LogP contribution in [0.3, 0.4) is 0 Å². The van der Waals surface area contributed by atoms with Crippen molar-refractivity contribution in [3.8, 4) is 0 Å². The molecule has 0 spiro atoms. The monoisotopic (exact) mass is 408 g/mol. The van der Waals surface area contributed by atoms with Crippen LogP contribution in [0, 0.1) is 18.3 Å². The number of benzene rings is 1. The van der Waals surface area contributed by atoms with E-state index in [0.717, 1.165) is 0 Å². The predicted molar refractivity (Wildman–Crippen MR) is 108 cm³/mol. The molecule has 154 valence electrons. The summed E-state index contributed by atoms with van der Waals surface area (Å²) in [5.41, 5.74) is 6.56. The van der Waals surface area contributed by atoms with E-state index in [1.54, 1.807) is 18.2 Å². The van der Waals surface area contributed by atoms with Gasteiger partial charge in [-0.05, 0) is 30.7 Å². The molecule has 2 aliphatic heterocycles. The van der Waals surface area contributed by atoms with Gasteiger partial charge in [0.15, 0.2) is 5.78 Å². The molecule has 30 heavy (non-hydrogen) atoms. The first-order valence-corrected chi connectivity index (χ1v) is 9.66. The van der Waals surface area contributed by atoms with E-state index < -0.39 is 11.4 Å². The van der Waals surface area contributed by atoms with Gasteiger partial charge in [0, 0.05) is 30.5 Å². The summed E-state index contributed by atoms with van der Waals surface area (Å²) >= 11 is 0. The van der Waals surface area contributed by atoms with Crippen LogP contribution in [0.1, 0.15) is 35.0 Å². The number of aromatic nitrogens is 1. The highest BCUT2D eigenvalue weighted by atomic mass is 19.1. The third-order valence-corrected chi connectivity index (χ3v) is 5.73. The van der Waals surface area contributed by atoms with Gasteiger partial charge in [-0.25, -0.2) is 14.2 Å². The summed E-state index contributed by atoms with van der Waals surface area (Å²) < 4.78 is 26.2. The Hall–Kier alpha value is -3.31. The fourth-order valence-corrected chi connectivity index (χ4v) is 4.10. The number of aliphatic imine (C=N–C) groups is 1. The first kappa shape index (κ1) is 20.0. The van der Waals surface area contributed by atoms with Crippen molar-refractivity contribution in [1.82, 2.24) is 4.98 Å². The number of amidine groups is 1. The Morgan fingerprint density at radius 2 is 2.23 bits per heavy atom. The van der Waals surface area contributed by atoms with Crippen molar-refractivity contribution in [3.05, 3.63) is 70.6 Å². The van der Waals surface area contributed by atoms with E-state index in [-0.39, 0.29) is 35.9 Å². The number of hydrogen-bond acceptors (Lipinski definition) is 6. The number of nitrogens with two attached hydrogens (primary N) is 1. The zero-order valence-electron chi connectivity index (χ0n) is 16.5. The zero-order chi connectivity index (χ0) is 21.3. The topological polar surface area (TPSA) is 91.2 Å². The second kappa shape index (κ2) is 7.84. The van der Waals surface area contributed by atoms with Crippen molar-refractivity contribution in [2.75, 3.05) is 13.2 Å². The smallest absolute Gasteiger partial charge is 0.283 e. The molecule has 2 aliphatic rings. The number of ketones is 1. The standard InChI is InChI=1S/C22H21FN4O3/c1-22(16-12-29-8-7-20(16)30-21(24)27-22)15-9-13(3-5-17(15)23)10-19(28)18-6-4-14(25-2)11-26-18/h3-6,9,11,16,20H,7-8,10,12H2,1H3,(H2,24,27)/t16?,20?,22-/m1/s1. The van der Waals surface area contributed by atoms with Crippen LogP contribution >= 0.6 is 0 Å². The molecule has 2 N–H and O–H groups in total. The lowest BCUT2D eigenvalue weighted by Gasteiger charge is -2.45. The van der Waals surface area contributed by atoms with Crippen LogP contribution in [-0.4, -0.2) is 36.1 Å². The molecular formula is C22H21FN4O3. The van der Waals surface area contributed by atoms with Gasteiger partial charge in [-0.2, -0.15) is 0 Å². The number of carbonyl (C=O) groups is 1. The van der Waals surface area contributed by atoms with Crippen molar-refractivity contribution in [3.63, 3.8) is 0 Å². The van der Waals surface area contributed by atoms with Crippen molar-refractivity contribution >= 4 is 17.5 Å². The van der Waals surface area contributed by atoms with Crippen molar-refractivity contribution < 1.29 is 18.7 Å². The van der Waals surface area contributed by atoms with Crippen LogP contribution in [0.2, 0.25) is 0 Å². The maximum atomic E-state index is 14.9. The summed E-state index contributed by atoms with van der Waals surface area (Å²) in [5, 5.41) is 0. The van der Waals surface area contributed by atoms with Gasteiger partial charge in [-0.3, -0.25) is 9.78 Å². The molecule has 1 saturated heterocycles. The van der Waals surface area contributed by atoms with Gasteiger partial charge in [0.1, 0.15) is 17.6 Å². The van der Waals surface area contributed by atoms with Crippen LogP contribution in [0.5, 0.6) is 0 Å². The summed E-state index contributed by atoms with van der Waals surface area (Å²) in [5.74, 6) is -0.832. The van der Waals surface area contributed by atoms with Crippen LogP contribution in [0.4, 0.5) is 10.1 Å². The molecule has 3 atom stereocenters. The Labute approximate surface area is 173 Å². The van der Waals surface area contributed by atoms with Crippen LogP contribution in [-0.2, 0) is 21.4 Å². The molecule has 4 rings (SSSR count). The Kier molecular flexibility index (Phi) is 5.22. The predicted octanol–water partition coefficient (Wildman–Crippen LogP) is 3.16. The van der Waals surface area contributed by atoms with Gasteiger partial charge in [0.2, 0.25) is 5.69 Å². The summed E-state index contributed by atoms with van der Waals surface area (Å²) in [7, 11) is 0. The van der Waals surface area contributed by atoms with Gasteiger partial charge in [0.05, 0.1) is 25.3 Å². The zero-order valence-corrected chi connectivity index (χ0v) is 16.5. The Bertz CT molecular complexity index is 1050. The SMILES string of the molecule is [C-]#[N+]c1ccc(C(=O)Cc2ccc(F)c([C@@]3(C)N=C(N)OC4CCOCC43)c2)nc1. The minimum atomic E-state index is -0.966. The number of rotatable bonds is 4. The molecule has 7 nitrogen and oxygen atoms in total. The van der Waals surface area contributed by atoms with E-state index in [0.29, 0.717) is 36.4 Å². The second-order valence-electron chi connectivity index (χ2n) is 7.65. The summed E-state index contributed by atoms with van der Waals surface area (Å²) in [6.07, 6.45) is 1.87. The molecule has 1 fully saturated rings. The summed E-state index contributed by atoms with van der Waals surface area (Å²) in [4.78, 5) is 24.4. The fraction of sp³-hybridized carbons (Fsp3) is 0.364. The summed E-state index contributed by atoms with van der Waals surface area (Å²) in [6.45, 7) is 9.73. The molecule has 8 heteroatoms. The lowest BCUT2D eigenvalue weighted by atomic mass is 9.74. The van der Waals surface area contributed by atoms with Crippen LogP contribution in [0.15, 0.2) is 41.5 Å². The minimum absolute atomic E-state index is 0.0330. The third kappa shape index (κ3) is 3.64. The highest BCUT2D eigenvalue weighted by molar-refractivity contribution is 5.96. The molecule has 3 heterocycles. The van der Waals surface area contributed by atoms with Crippen molar-refractivity contribution in [2.45, 2.75) is 31.4 Å². The maximum absolute atomic E-state index is 14.9. The first-order chi connectivity index (χ1) is 14.4. The normalized spacial score (nSPS) is 25.4. The average molecular weight is 408 g/mol. The number of hydrogen-bond donors (Lipinski definition) is 1. The van der Waals surface area contributed by atoms with Gasteiger partial charge in [-0.1, -0.05) is 12.1 Å². The average Bonchev–Trinajstić information content (AvgIpc) is 2.75. The quantitative estimate of drug-likeness (QED) is 0.620. The molecule has 1 aromatic heterocycles. The number of carbonyl (C=O) groups excluding carboxylic acids is 1. The Morgan fingerprint density at radius 1 is 1.40 bits per heavy atom. The number of ether oxygens (including phenoxy) is 2. The maximum Gasteiger partial charge on any atom is 0.283 e. The summed E-state index contributed by atoms with van der Waals surface area (Å²) in [6, 6.07) is 7.69. The lowest BCUT2D eigenvalue weighted by molar-refractivity contribution is -0.0699. The van der Waals surface area contributed by atoms with E-state index >= 15 is 0 Å². The van der Waals surface area contributed by atoms with E-state index in [1.165, 1.54) is 18.3 Å². The number of nitrogens with zero attached hydrogens (tertiary/aromatic N) is 3. The van der Waals surface area contributed by atoms with E-state index in [2.05, 4.69) is 14.8 Å². The van der Waals surface area contributed by atoms with Crippen molar-refractivity contribution in [1.29, 1.82) is 0 Å². The number of Topliss-reactive ketones (excluding diaryl/α,β-unsaturated/α-hetero) is 1. The fourth-order valence-electron chi connectivity index (χ4n) is 4.10. The molecule has 0 aliphatic carbocycles. The number of pyridine rings is 1. The van der Waals surface area contributed by atoms with Crippen LogP contribution in [0.25, 0.3) is 4.85 Å². The van der Waals surface area contributed by atoms with E-state index in [1.807, 2.05) is 6.92 Å². The van der Waals surface area contributed by atoms with Crippen LogP contribution < -0.4 is 5.73 Å². The second-order valence-corrected chi connectivity index (χ2v) is 7.65. The number of halogens is 1. The van der Waals surface area contributed by atoms with E-state index in [4.69, 9.17) is 21.8 Å². The van der Waals surface area contributed by atoms with Crippen molar-refractivity contribution in [2.24, 2.45) is 16.6 Å². The van der Waals surface area contributed by atoms with Gasteiger partial charge in [0.25, 0.3) is 6.02 Å². The molecule has 2 unspecified atom stereocenters. The van der Waals surface area contributed by atoms with Gasteiger partial charge in [-0.15, -0.1) is 0 Å². The highest BCUT2D eigenvalue weighted by Gasteiger charge is 2.48. The van der Waals surface area contributed by atoms with E-state index in [9.17, 15) is 9.18 Å².